The molecule has 24 heavy (non-hydrogen) atoms. The molecule has 4 rings (SSSR count). The molecule has 1 aromatic carbocycles. The smallest absolute Gasteiger partial charge is 0.0795 e. The second-order valence-electron chi connectivity index (χ2n) is 6.09. The third-order valence-corrected chi connectivity index (χ3v) is 5.61. The van der Waals surface area contributed by atoms with E-state index in [1.54, 1.807) is 11.3 Å². The first-order chi connectivity index (χ1) is 11.8. The van der Waals surface area contributed by atoms with E-state index >= 15 is 0 Å². The summed E-state index contributed by atoms with van der Waals surface area (Å²) in [5, 5.41) is 3.37. The highest BCUT2D eigenvalue weighted by Crippen LogP contribution is 2.28. The SMILES string of the molecule is Brc1ccc2nccc(N3CCCN(Cc4cscn4)CC3)c2c1. The molecule has 0 radical (unpaired) electrons. The Kier molecular flexibility index (Phi) is 4.78. The van der Waals surface area contributed by atoms with Gasteiger partial charge in [0.1, 0.15) is 0 Å². The molecule has 0 N–H and O–H groups in total. The zero-order chi connectivity index (χ0) is 16.4. The molecule has 6 heteroatoms. The summed E-state index contributed by atoms with van der Waals surface area (Å²) in [4.78, 5) is 13.9. The fraction of sp³-hybridized carbons (Fsp3) is 0.333. The number of benzene rings is 1. The van der Waals surface area contributed by atoms with E-state index in [4.69, 9.17) is 0 Å². The first-order valence-corrected chi connectivity index (χ1v) is 9.92. The number of fused-ring (bicyclic) bond motifs is 1. The molecular weight excluding hydrogens is 384 g/mol. The van der Waals surface area contributed by atoms with Crippen LogP contribution in [0.2, 0.25) is 0 Å². The van der Waals surface area contributed by atoms with Crippen molar-refractivity contribution in [3.05, 3.63) is 51.5 Å². The van der Waals surface area contributed by atoms with Crippen molar-refractivity contribution >= 4 is 43.9 Å². The van der Waals surface area contributed by atoms with Crippen LogP contribution in [0.25, 0.3) is 10.9 Å². The van der Waals surface area contributed by atoms with Crippen LogP contribution in [0.15, 0.2) is 45.8 Å². The second kappa shape index (κ2) is 7.17. The van der Waals surface area contributed by atoms with Gasteiger partial charge >= 0.3 is 0 Å². The van der Waals surface area contributed by atoms with Gasteiger partial charge in [0.25, 0.3) is 0 Å². The van der Waals surface area contributed by atoms with Crippen LogP contribution in [-0.2, 0) is 6.54 Å². The van der Waals surface area contributed by atoms with Crippen molar-refractivity contribution in [2.24, 2.45) is 0 Å². The zero-order valence-corrected chi connectivity index (χ0v) is 15.8. The van der Waals surface area contributed by atoms with E-state index in [0.717, 1.165) is 42.7 Å². The Morgan fingerprint density at radius 1 is 1.08 bits per heavy atom. The maximum absolute atomic E-state index is 4.50. The predicted octanol–water partition coefficient (Wildman–Crippen LogP) is 4.17. The number of nitrogens with zero attached hydrogens (tertiary/aromatic N) is 4. The largest absolute Gasteiger partial charge is 0.370 e. The van der Waals surface area contributed by atoms with E-state index in [1.165, 1.54) is 23.2 Å². The summed E-state index contributed by atoms with van der Waals surface area (Å²) in [7, 11) is 0. The zero-order valence-electron chi connectivity index (χ0n) is 13.4. The highest BCUT2D eigenvalue weighted by atomic mass is 79.9. The third-order valence-electron chi connectivity index (χ3n) is 4.48. The van der Waals surface area contributed by atoms with Crippen molar-refractivity contribution in [2.75, 3.05) is 31.1 Å². The van der Waals surface area contributed by atoms with Crippen LogP contribution in [0.5, 0.6) is 0 Å². The summed E-state index contributed by atoms with van der Waals surface area (Å²) in [6.45, 7) is 5.27. The molecule has 1 aliphatic heterocycles. The Morgan fingerprint density at radius 3 is 2.92 bits per heavy atom. The molecule has 1 saturated heterocycles. The summed E-state index contributed by atoms with van der Waals surface area (Å²) in [5.74, 6) is 0. The van der Waals surface area contributed by atoms with E-state index in [9.17, 15) is 0 Å². The van der Waals surface area contributed by atoms with E-state index in [2.05, 4.69) is 65.3 Å². The van der Waals surface area contributed by atoms with Crippen LogP contribution in [0.4, 0.5) is 5.69 Å². The van der Waals surface area contributed by atoms with E-state index < -0.39 is 0 Å². The summed E-state index contributed by atoms with van der Waals surface area (Å²) in [6.07, 6.45) is 3.09. The number of pyridine rings is 1. The molecule has 124 valence electrons. The maximum atomic E-state index is 4.50. The van der Waals surface area contributed by atoms with Gasteiger partial charge in [0.15, 0.2) is 0 Å². The lowest BCUT2D eigenvalue weighted by molar-refractivity contribution is 0.282. The Labute approximate surface area is 154 Å². The van der Waals surface area contributed by atoms with Crippen LogP contribution in [0.3, 0.4) is 0 Å². The molecule has 0 saturated carbocycles. The molecule has 3 aromatic rings. The van der Waals surface area contributed by atoms with Crippen molar-refractivity contribution in [1.82, 2.24) is 14.9 Å². The summed E-state index contributed by atoms with van der Waals surface area (Å²) < 4.78 is 1.10. The molecule has 1 fully saturated rings. The van der Waals surface area contributed by atoms with E-state index in [1.807, 2.05) is 11.7 Å². The molecule has 3 heterocycles. The quantitative estimate of drug-likeness (QED) is 0.657. The minimum atomic E-state index is 0.958. The molecular formula is C18H19BrN4S. The number of rotatable bonds is 3. The number of hydrogen-bond acceptors (Lipinski definition) is 5. The topological polar surface area (TPSA) is 32.3 Å². The van der Waals surface area contributed by atoms with Gasteiger partial charge in [-0.25, -0.2) is 4.98 Å². The van der Waals surface area contributed by atoms with Crippen LogP contribution < -0.4 is 4.90 Å². The molecule has 1 aliphatic rings. The fourth-order valence-corrected chi connectivity index (χ4v) is 4.21. The van der Waals surface area contributed by atoms with Gasteiger partial charge in [-0.2, -0.15) is 0 Å². The van der Waals surface area contributed by atoms with Crippen molar-refractivity contribution in [3.8, 4) is 0 Å². The molecule has 0 atom stereocenters. The van der Waals surface area contributed by atoms with Crippen LogP contribution in [0, 0.1) is 0 Å². The van der Waals surface area contributed by atoms with Gasteiger partial charge in [-0.15, -0.1) is 11.3 Å². The third kappa shape index (κ3) is 3.45. The van der Waals surface area contributed by atoms with Gasteiger partial charge in [-0.05, 0) is 30.7 Å². The lowest BCUT2D eigenvalue weighted by Gasteiger charge is -2.24. The summed E-state index contributed by atoms with van der Waals surface area (Å²) in [5.41, 5.74) is 5.45. The molecule has 0 aliphatic carbocycles. The van der Waals surface area contributed by atoms with Gasteiger partial charge in [0.2, 0.25) is 0 Å². The molecule has 0 unspecified atom stereocenters. The fourth-order valence-electron chi connectivity index (χ4n) is 3.29. The number of hydrogen-bond donors (Lipinski definition) is 0. The summed E-state index contributed by atoms with van der Waals surface area (Å²) >= 11 is 5.26. The lowest BCUT2D eigenvalue weighted by atomic mass is 10.1. The van der Waals surface area contributed by atoms with Gasteiger partial charge in [0.05, 0.1) is 16.7 Å². The van der Waals surface area contributed by atoms with Crippen molar-refractivity contribution in [3.63, 3.8) is 0 Å². The Hall–Kier alpha value is -1.50. The molecule has 4 nitrogen and oxygen atoms in total. The average Bonchev–Trinajstić information content (AvgIpc) is 2.99. The predicted molar refractivity (Wildman–Crippen MR) is 104 cm³/mol. The van der Waals surface area contributed by atoms with Crippen LogP contribution in [-0.4, -0.2) is 41.0 Å². The highest BCUT2D eigenvalue weighted by molar-refractivity contribution is 9.10. The molecule has 0 spiro atoms. The highest BCUT2D eigenvalue weighted by Gasteiger charge is 2.17. The standard InChI is InChI=1S/C18H19BrN4S/c19-14-2-3-17-16(10-14)18(4-5-20-17)23-7-1-6-22(8-9-23)11-15-12-24-13-21-15/h2-5,10,12-13H,1,6-9,11H2. The van der Waals surface area contributed by atoms with Gasteiger partial charge in [-0.3, -0.25) is 9.88 Å². The Bertz CT molecular complexity index is 821. The minimum absolute atomic E-state index is 0.958. The number of halogens is 1. The van der Waals surface area contributed by atoms with Crippen LogP contribution >= 0.6 is 27.3 Å². The lowest BCUT2D eigenvalue weighted by Crippen LogP contribution is -2.30. The first-order valence-electron chi connectivity index (χ1n) is 8.18. The first kappa shape index (κ1) is 16.0. The number of aromatic nitrogens is 2. The minimum Gasteiger partial charge on any atom is -0.370 e. The normalized spacial score (nSPS) is 16.5. The molecule has 0 bridgehead atoms. The summed E-state index contributed by atoms with van der Waals surface area (Å²) in [6, 6.07) is 8.45. The maximum Gasteiger partial charge on any atom is 0.0795 e. The number of anilines is 1. The van der Waals surface area contributed by atoms with Crippen molar-refractivity contribution in [1.29, 1.82) is 0 Å². The monoisotopic (exact) mass is 402 g/mol. The van der Waals surface area contributed by atoms with Gasteiger partial charge < -0.3 is 4.90 Å². The Balaban J connectivity index is 1.54. The number of thiazole rings is 1. The van der Waals surface area contributed by atoms with Crippen molar-refractivity contribution < 1.29 is 0 Å². The molecule has 0 amide bonds. The van der Waals surface area contributed by atoms with E-state index in [-0.39, 0.29) is 0 Å². The van der Waals surface area contributed by atoms with Gasteiger partial charge in [0, 0.05) is 59.8 Å². The van der Waals surface area contributed by atoms with E-state index in [0.29, 0.717) is 0 Å². The van der Waals surface area contributed by atoms with Crippen LogP contribution in [0.1, 0.15) is 12.1 Å². The molecule has 2 aromatic heterocycles. The average molecular weight is 403 g/mol. The van der Waals surface area contributed by atoms with Crippen molar-refractivity contribution in [2.45, 2.75) is 13.0 Å². The Morgan fingerprint density at radius 2 is 2.04 bits per heavy atom. The second-order valence-corrected chi connectivity index (χ2v) is 7.72. The van der Waals surface area contributed by atoms with Gasteiger partial charge in [-0.1, -0.05) is 15.9 Å².